The lowest BCUT2D eigenvalue weighted by molar-refractivity contribution is 0.353. The van der Waals surface area contributed by atoms with Crippen LogP contribution in [0.15, 0.2) is 12.1 Å². The van der Waals surface area contributed by atoms with Crippen LogP contribution in [0.3, 0.4) is 0 Å². The average Bonchev–Trinajstić information content (AvgIpc) is 2.91. The minimum atomic E-state index is 0.471. The molecule has 0 radical (unpaired) electrons. The van der Waals surface area contributed by atoms with E-state index in [0.29, 0.717) is 5.15 Å². The largest absolute Gasteiger partial charge is 0.493 e. The van der Waals surface area contributed by atoms with Crippen molar-refractivity contribution < 1.29 is 9.47 Å². The molecule has 1 aliphatic rings. The van der Waals surface area contributed by atoms with Crippen LogP contribution in [0.25, 0.3) is 0 Å². The number of methoxy groups -OCH3 is 2. The molecule has 0 amide bonds. The van der Waals surface area contributed by atoms with Gasteiger partial charge in [0.2, 0.25) is 0 Å². The van der Waals surface area contributed by atoms with Crippen LogP contribution in [0.1, 0.15) is 11.1 Å². The second kappa shape index (κ2) is 5.46. The first-order valence-corrected chi connectivity index (χ1v) is 7.30. The molecule has 0 atom stereocenters. The molecule has 106 valence electrons. The van der Waals surface area contributed by atoms with E-state index in [9.17, 15) is 0 Å². The number of hydrogen-bond donors (Lipinski definition) is 0. The highest BCUT2D eigenvalue weighted by atomic mass is 35.5. The van der Waals surface area contributed by atoms with E-state index in [0.717, 1.165) is 48.6 Å². The zero-order chi connectivity index (χ0) is 14.1. The summed E-state index contributed by atoms with van der Waals surface area (Å²) in [5.41, 5.74) is 2.48. The average molecular weight is 312 g/mol. The van der Waals surface area contributed by atoms with Gasteiger partial charge in [0.05, 0.1) is 25.9 Å². The number of rotatable bonds is 3. The van der Waals surface area contributed by atoms with Gasteiger partial charge in [0.1, 0.15) is 0 Å². The monoisotopic (exact) mass is 311 g/mol. The van der Waals surface area contributed by atoms with Crippen molar-refractivity contribution in [2.75, 3.05) is 25.7 Å². The Bertz CT molecular complexity index is 632. The molecule has 2 heterocycles. The van der Waals surface area contributed by atoms with Gasteiger partial charge in [-0.1, -0.05) is 11.6 Å². The summed E-state index contributed by atoms with van der Waals surface area (Å²) in [5, 5.41) is 0.471. The van der Waals surface area contributed by atoms with Crippen LogP contribution in [0.5, 0.6) is 11.5 Å². The Hall–Kier alpha value is -1.53. The van der Waals surface area contributed by atoms with E-state index >= 15 is 0 Å². The van der Waals surface area contributed by atoms with E-state index in [2.05, 4.69) is 13.6 Å². The summed E-state index contributed by atoms with van der Waals surface area (Å²) in [6, 6.07) is 4.07. The third-order valence-electron chi connectivity index (χ3n) is 3.45. The molecule has 0 saturated carbocycles. The first kappa shape index (κ1) is 13.5. The van der Waals surface area contributed by atoms with Crippen LogP contribution in [0.2, 0.25) is 5.15 Å². The zero-order valence-electron chi connectivity index (χ0n) is 11.2. The second-order valence-electron chi connectivity index (χ2n) is 4.53. The predicted octanol–water partition coefficient (Wildman–Crippen LogP) is 2.77. The first-order valence-electron chi connectivity index (χ1n) is 6.19. The van der Waals surface area contributed by atoms with E-state index < -0.39 is 0 Å². The SMILES string of the molecule is COc1cc2c(cc1OC)CN(c1nsnc1Cl)CC2. The fourth-order valence-corrected chi connectivity index (χ4v) is 3.20. The zero-order valence-corrected chi connectivity index (χ0v) is 12.8. The molecule has 1 aromatic carbocycles. The van der Waals surface area contributed by atoms with Crippen molar-refractivity contribution in [2.24, 2.45) is 0 Å². The van der Waals surface area contributed by atoms with E-state index in [1.54, 1.807) is 14.2 Å². The van der Waals surface area contributed by atoms with Gasteiger partial charge >= 0.3 is 0 Å². The summed E-state index contributed by atoms with van der Waals surface area (Å²) < 4.78 is 19.0. The molecule has 0 bridgehead atoms. The lowest BCUT2D eigenvalue weighted by Gasteiger charge is -2.29. The number of benzene rings is 1. The van der Waals surface area contributed by atoms with Crippen LogP contribution >= 0.6 is 23.3 Å². The molecule has 3 rings (SSSR count). The van der Waals surface area contributed by atoms with Gasteiger partial charge < -0.3 is 14.4 Å². The summed E-state index contributed by atoms with van der Waals surface area (Å²) in [6.07, 6.45) is 0.920. The Balaban J connectivity index is 1.93. The molecule has 1 aliphatic heterocycles. The number of nitrogens with zero attached hydrogens (tertiary/aromatic N) is 3. The quantitative estimate of drug-likeness (QED) is 0.872. The van der Waals surface area contributed by atoms with E-state index in [1.165, 1.54) is 11.1 Å². The highest BCUT2D eigenvalue weighted by Gasteiger charge is 2.22. The second-order valence-corrected chi connectivity index (χ2v) is 5.41. The lowest BCUT2D eigenvalue weighted by Crippen LogP contribution is -2.30. The Labute approximate surface area is 126 Å². The number of anilines is 1. The normalized spacial score (nSPS) is 14.1. The molecule has 0 fully saturated rings. The van der Waals surface area contributed by atoms with Crippen LogP contribution in [0.4, 0.5) is 5.82 Å². The minimum Gasteiger partial charge on any atom is -0.493 e. The topological polar surface area (TPSA) is 47.5 Å². The third-order valence-corrected chi connectivity index (χ3v) is 4.32. The molecule has 0 saturated heterocycles. The number of ether oxygens (including phenoxy) is 2. The van der Waals surface area contributed by atoms with Gasteiger partial charge in [0.25, 0.3) is 0 Å². The van der Waals surface area contributed by atoms with Gasteiger partial charge in [-0.3, -0.25) is 0 Å². The standard InChI is InChI=1S/C13H14ClN3O2S/c1-18-10-5-8-3-4-17(13-12(14)15-20-16-13)7-9(8)6-11(10)19-2/h5-6H,3-4,7H2,1-2H3. The molecule has 0 aliphatic carbocycles. The summed E-state index contributed by atoms with van der Waals surface area (Å²) in [6.45, 7) is 1.62. The maximum Gasteiger partial charge on any atom is 0.187 e. The number of aromatic nitrogens is 2. The number of hydrogen-bond acceptors (Lipinski definition) is 6. The van der Waals surface area contributed by atoms with Gasteiger partial charge in [0, 0.05) is 13.1 Å². The molecule has 0 N–H and O–H groups in total. The van der Waals surface area contributed by atoms with Crippen molar-refractivity contribution in [1.82, 2.24) is 8.75 Å². The summed E-state index contributed by atoms with van der Waals surface area (Å²) in [5.74, 6) is 2.28. The summed E-state index contributed by atoms with van der Waals surface area (Å²) >= 11 is 7.19. The Morgan fingerprint density at radius 1 is 1.15 bits per heavy atom. The number of halogens is 1. The first-order chi connectivity index (χ1) is 9.72. The Morgan fingerprint density at radius 2 is 1.85 bits per heavy atom. The van der Waals surface area contributed by atoms with E-state index in [4.69, 9.17) is 21.1 Å². The molecule has 0 spiro atoms. The highest BCUT2D eigenvalue weighted by Crippen LogP contribution is 2.35. The number of fused-ring (bicyclic) bond motifs is 1. The van der Waals surface area contributed by atoms with Crippen LogP contribution in [-0.4, -0.2) is 29.5 Å². The van der Waals surface area contributed by atoms with Gasteiger partial charge in [0.15, 0.2) is 22.5 Å². The molecule has 2 aromatic rings. The van der Waals surface area contributed by atoms with Crippen molar-refractivity contribution >= 4 is 29.1 Å². The smallest absolute Gasteiger partial charge is 0.187 e. The molecule has 7 heteroatoms. The highest BCUT2D eigenvalue weighted by molar-refractivity contribution is 6.99. The van der Waals surface area contributed by atoms with Gasteiger partial charge in [-0.2, -0.15) is 8.75 Å². The van der Waals surface area contributed by atoms with Crippen molar-refractivity contribution in [2.45, 2.75) is 13.0 Å². The minimum absolute atomic E-state index is 0.471. The summed E-state index contributed by atoms with van der Waals surface area (Å²) in [4.78, 5) is 2.14. The van der Waals surface area contributed by atoms with Crippen LogP contribution < -0.4 is 14.4 Å². The molecule has 0 unspecified atom stereocenters. The fourth-order valence-electron chi connectivity index (χ4n) is 2.43. The fraction of sp³-hybridized carbons (Fsp3) is 0.385. The molecule has 1 aromatic heterocycles. The van der Waals surface area contributed by atoms with Gasteiger partial charge in [-0.15, -0.1) is 0 Å². The van der Waals surface area contributed by atoms with Gasteiger partial charge in [-0.05, 0) is 29.7 Å². The summed E-state index contributed by atoms with van der Waals surface area (Å²) in [7, 11) is 3.30. The maximum absolute atomic E-state index is 6.06. The van der Waals surface area contributed by atoms with Crippen molar-refractivity contribution in [3.63, 3.8) is 0 Å². The molecular formula is C13H14ClN3O2S. The van der Waals surface area contributed by atoms with Crippen LogP contribution in [0, 0.1) is 0 Å². The third kappa shape index (κ3) is 2.29. The lowest BCUT2D eigenvalue weighted by atomic mass is 9.99. The van der Waals surface area contributed by atoms with Crippen molar-refractivity contribution in [1.29, 1.82) is 0 Å². The van der Waals surface area contributed by atoms with Crippen molar-refractivity contribution in [3.8, 4) is 11.5 Å². The predicted molar refractivity (Wildman–Crippen MR) is 79.2 cm³/mol. The Kier molecular flexibility index (Phi) is 3.67. The van der Waals surface area contributed by atoms with Crippen molar-refractivity contribution in [3.05, 3.63) is 28.4 Å². The van der Waals surface area contributed by atoms with Gasteiger partial charge in [-0.25, -0.2) is 0 Å². The van der Waals surface area contributed by atoms with E-state index in [-0.39, 0.29) is 0 Å². The van der Waals surface area contributed by atoms with Crippen LogP contribution in [-0.2, 0) is 13.0 Å². The molecular weight excluding hydrogens is 298 g/mol. The Morgan fingerprint density at radius 3 is 2.45 bits per heavy atom. The maximum atomic E-state index is 6.06. The molecule has 20 heavy (non-hydrogen) atoms. The van der Waals surface area contributed by atoms with E-state index in [1.807, 2.05) is 12.1 Å². The molecule has 5 nitrogen and oxygen atoms in total.